The van der Waals surface area contributed by atoms with E-state index in [-0.39, 0.29) is 24.0 Å². The fourth-order valence-electron chi connectivity index (χ4n) is 1.91. The first-order chi connectivity index (χ1) is 5.79. The minimum absolute atomic E-state index is 0.147. The summed E-state index contributed by atoms with van der Waals surface area (Å²) >= 11 is 0. The maximum atomic E-state index is 11.3. The van der Waals surface area contributed by atoms with E-state index in [0.29, 0.717) is 0 Å². The van der Waals surface area contributed by atoms with Gasteiger partial charge >= 0.3 is 0 Å². The molecule has 0 saturated carbocycles. The summed E-state index contributed by atoms with van der Waals surface area (Å²) in [5, 5.41) is 2.68. The van der Waals surface area contributed by atoms with E-state index in [4.69, 9.17) is 4.74 Å². The molecule has 2 aliphatic rings. The van der Waals surface area contributed by atoms with Crippen molar-refractivity contribution in [1.29, 1.82) is 0 Å². The van der Waals surface area contributed by atoms with E-state index in [1.54, 1.807) is 7.05 Å². The lowest BCUT2D eigenvalue weighted by molar-refractivity contribution is -0.129. The second kappa shape index (κ2) is 2.90. The molecular formula is C9H13NO2. The molecule has 1 fully saturated rings. The van der Waals surface area contributed by atoms with Crippen LogP contribution in [0.2, 0.25) is 0 Å². The van der Waals surface area contributed by atoms with Crippen LogP contribution in [0.3, 0.4) is 0 Å². The van der Waals surface area contributed by atoms with Crippen LogP contribution in [0.25, 0.3) is 0 Å². The summed E-state index contributed by atoms with van der Waals surface area (Å²) in [7, 11) is 1.69. The molecule has 2 heterocycles. The van der Waals surface area contributed by atoms with E-state index in [9.17, 15) is 4.79 Å². The monoisotopic (exact) mass is 167 g/mol. The van der Waals surface area contributed by atoms with Gasteiger partial charge in [-0.2, -0.15) is 0 Å². The fourth-order valence-corrected chi connectivity index (χ4v) is 1.91. The van der Waals surface area contributed by atoms with E-state index in [1.807, 2.05) is 0 Å². The largest absolute Gasteiger partial charge is 0.367 e. The van der Waals surface area contributed by atoms with Gasteiger partial charge in [-0.25, -0.2) is 0 Å². The van der Waals surface area contributed by atoms with Crippen LogP contribution in [0.1, 0.15) is 12.8 Å². The number of amides is 1. The molecule has 2 rings (SSSR count). The molecule has 1 unspecified atom stereocenters. The number of fused-ring (bicyclic) bond motifs is 2. The number of rotatable bonds is 1. The van der Waals surface area contributed by atoms with Crippen molar-refractivity contribution in [2.75, 3.05) is 7.05 Å². The number of ether oxygens (including phenoxy) is 1. The summed E-state index contributed by atoms with van der Waals surface area (Å²) in [5.74, 6) is 0.297. The minimum Gasteiger partial charge on any atom is -0.367 e. The molecule has 0 radical (unpaired) electrons. The summed E-state index contributed by atoms with van der Waals surface area (Å²) in [6.45, 7) is 0. The zero-order valence-electron chi connectivity index (χ0n) is 7.12. The molecule has 2 bridgehead atoms. The number of hydrogen-bond donors (Lipinski definition) is 1. The quantitative estimate of drug-likeness (QED) is 0.576. The Labute approximate surface area is 71.8 Å². The molecule has 2 aliphatic heterocycles. The van der Waals surface area contributed by atoms with Gasteiger partial charge in [0.2, 0.25) is 5.91 Å². The van der Waals surface area contributed by atoms with Gasteiger partial charge in [0.25, 0.3) is 0 Å². The van der Waals surface area contributed by atoms with Crippen LogP contribution < -0.4 is 5.32 Å². The van der Waals surface area contributed by atoms with Crippen molar-refractivity contribution >= 4 is 5.91 Å². The average molecular weight is 167 g/mol. The Hall–Kier alpha value is -0.830. The summed E-state index contributed by atoms with van der Waals surface area (Å²) < 4.78 is 5.53. The third-order valence-electron chi connectivity index (χ3n) is 2.54. The maximum Gasteiger partial charge on any atom is 0.223 e. The van der Waals surface area contributed by atoms with Crippen LogP contribution in [-0.2, 0) is 9.53 Å². The van der Waals surface area contributed by atoms with E-state index in [2.05, 4.69) is 17.5 Å². The summed E-state index contributed by atoms with van der Waals surface area (Å²) in [6.07, 6.45) is 6.18. The maximum absolute atomic E-state index is 11.3. The molecule has 0 spiro atoms. The molecule has 12 heavy (non-hydrogen) atoms. The number of carbonyl (C=O) groups is 1. The van der Waals surface area contributed by atoms with Gasteiger partial charge in [-0.15, -0.1) is 0 Å². The van der Waals surface area contributed by atoms with Gasteiger partial charge < -0.3 is 10.1 Å². The van der Waals surface area contributed by atoms with Crippen LogP contribution in [0.5, 0.6) is 0 Å². The Morgan fingerprint density at radius 2 is 2.00 bits per heavy atom. The predicted molar refractivity (Wildman–Crippen MR) is 44.6 cm³/mol. The van der Waals surface area contributed by atoms with E-state index >= 15 is 0 Å². The zero-order valence-corrected chi connectivity index (χ0v) is 7.12. The molecule has 1 amide bonds. The highest BCUT2D eigenvalue weighted by molar-refractivity contribution is 5.78. The lowest BCUT2D eigenvalue weighted by Crippen LogP contribution is -2.36. The SMILES string of the molecule is CNC(=O)C1C[C@H]2C=C[C@@H](C1)O2. The lowest BCUT2D eigenvalue weighted by Gasteiger charge is -2.26. The van der Waals surface area contributed by atoms with Crippen LogP contribution in [0.15, 0.2) is 12.2 Å². The third kappa shape index (κ3) is 1.25. The molecule has 0 aromatic rings. The van der Waals surface area contributed by atoms with E-state index < -0.39 is 0 Å². The van der Waals surface area contributed by atoms with Crippen molar-refractivity contribution in [3.63, 3.8) is 0 Å². The fraction of sp³-hybridized carbons (Fsp3) is 0.667. The van der Waals surface area contributed by atoms with Crippen LogP contribution >= 0.6 is 0 Å². The van der Waals surface area contributed by atoms with Crippen LogP contribution in [0, 0.1) is 5.92 Å². The first-order valence-electron chi connectivity index (χ1n) is 4.35. The molecule has 1 saturated heterocycles. The highest BCUT2D eigenvalue weighted by atomic mass is 16.5. The molecule has 0 aliphatic carbocycles. The molecule has 0 aromatic carbocycles. The second-order valence-electron chi connectivity index (χ2n) is 3.38. The average Bonchev–Trinajstić information content (AvgIpc) is 2.44. The summed E-state index contributed by atoms with van der Waals surface area (Å²) in [5.41, 5.74) is 0. The number of hydrogen-bond acceptors (Lipinski definition) is 2. The Bertz CT molecular complexity index is 211. The first-order valence-corrected chi connectivity index (χ1v) is 4.35. The van der Waals surface area contributed by atoms with Crippen molar-refractivity contribution in [2.24, 2.45) is 5.92 Å². The van der Waals surface area contributed by atoms with Crippen LogP contribution in [-0.4, -0.2) is 25.2 Å². The van der Waals surface area contributed by atoms with Crippen LogP contribution in [0.4, 0.5) is 0 Å². The normalized spacial score (nSPS) is 38.2. The van der Waals surface area contributed by atoms with Crippen molar-refractivity contribution in [2.45, 2.75) is 25.0 Å². The smallest absolute Gasteiger partial charge is 0.223 e. The molecule has 3 atom stereocenters. The number of nitrogens with one attached hydrogen (secondary N) is 1. The van der Waals surface area contributed by atoms with Crippen molar-refractivity contribution < 1.29 is 9.53 Å². The van der Waals surface area contributed by atoms with Gasteiger partial charge in [0.1, 0.15) is 0 Å². The topological polar surface area (TPSA) is 38.3 Å². The minimum atomic E-state index is 0.147. The van der Waals surface area contributed by atoms with Gasteiger partial charge in [-0.1, -0.05) is 12.2 Å². The van der Waals surface area contributed by atoms with Gasteiger partial charge in [0.05, 0.1) is 12.2 Å². The number of carbonyl (C=O) groups excluding carboxylic acids is 1. The van der Waals surface area contributed by atoms with Crippen molar-refractivity contribution in [3.05, 3.63) is 12.2 Å². The van der Waals surface area contributed by atoms with Gasteiger partial charge in [-0.05, 0) is 12.8 Å². The molecule has 1 N–H and O–H groups in total. The van der Waals surface area contributed by atoms with E-state index in [1.165, 1.54) is 0 Å². The Morgan fingerprint density at radius 3 is 2.50 bits per heavy atom. The van der Waals surface area contributed by atoms with Gasteiger partial charge in [-0.3, -0.25) is 4.79 Å². The summed E-state index contributed by atoms with van der Waals surface area (Å²) in [6, 6.07) is 0. The first kappa shape index (κ1) is 7.80. The van der Waals surface area contributed by atoms with Crippen molar-refractivity contribution in [3.8, 4) is 0 Å². The van der Waals surface area contributed by atoms with Gasteiger partial charge in [0, 0.05) is 13.0 Å². The molecule has 0 aromatic heterocycles. The molecule has 66 valence electrons. The molecule has 3 heteroatoms. The predicted octanol–water partition coefficient (Wildman–Crippen LogP) is 0.466. The van der Waals surface area contributed by atoms with Crippen molar-refractivity contribution in [1.82, 2.24) is 5.32 Å². The zero-order chi connectivity index (χ0) is 8.55. The Kier molecular flexibility index (Phi) is 1.89. The molecular weight excluding hydrogens is 154 g/mol. The highest BCUT2D eigenvalue weighted by Crippen LogP contribution is 2.30. The van der Waals surface area contributed by atoms with E-state index in [0.717, 1.165) is 12.8 Å². The lowest BCUT2D eigenvalue weighted by atomic mass is 9.94. The second-order valence-corrected chi connectivity index (χ2v) is 3.38. The standard InChI is InChI=1S/C9H13NO2/c1-10-9(11)6-4-7-2-3-8(5-6)12-7/h2-3,6-8H,4-5H2,1H3,(H,10,11)/t6?,7-,8+. The Balaban J connectivity index is 2.00. The third-order valence-corrected chi connectivity index (χ3v) is 2.54. The molecule has 3 nitrogen and oxygen atoms in total. The van der Waals surface area contributed by atoms with Gasteiger partial charge in [0.15, 0.2) is 0 Å². The summed E-state index contributed by atoms with van der Waals surface area (Å²) in [4.78, 5) is 11.3. The Morgan fingerprint density at radius 1 is 1.42 bits per heavy atom. The highest BCUT2D eigenvalue weighted by Gasteiger charge is 2.34.